The van der Waals surface area contributed by atoms with Crippen molar-refractivity contribution in [3.63, 3.8) is 0 Å². The quantitative estimate of drug-likeness (QED) is 0.583. The number of rotatable bonds is 3. The van der Waals surface area contributed by atoms with Crippen molar-refractivity contribution >= 4 is 33.5 Å². The average molecular weight is 403 g/mol. The number of amides is 1. The van der Waals surface area contributed by atoms with E-state index in [-0.39, 0.29) is 11.9 Å². The molecule has 1 saturated heterocycles. The summed E-state index contributed by atoms with van der Waals surface area (Å²) in [5, 5.41) is 0. The standard InChI is InChI=1S/C19H19BrN2O3/c1-14(23)21-9-11-22(12-10-21)17-5-7-18(8-6-17)25-19(24)15-3-2-4-16(20)13-15/h2-8,13H,9-12H2,1H3. The number of carbonyl (C=O) groups excluding carboxylic acids is 2. The fourth-order valence-electron chi connectivity index (χ4n) is 2.79. The fraction of sp³-hybridized carbons (Fsp3) is 0.263. The van der Waals surface area contributed by atoms with E-state index < -0.39 is 0 Å². The maximum absolute atomic E-state index is 12.2. The van der Waals surface area contributed by atoms with Gasteiger partial charge >= 0.3 is 5.97 Å². The van der Waals surface area contributed by atoms with E-state index in [4.69, 9.17) is 4.74 Å². The molecule has 2 aromatic rings. The van der Waals surface area contributed by atoms with Crippen molar-refractivity contribution in [2.45, 2.75) is 6.92 Å². The molecule has 0 unspecified atom stereocenters. The molecule has 0 atom stereocenters. The van der Waals surface area contributed by atoms with Gasteiger partial charge in [0.15, 0.2) is 0 Å². The number of nitrogens with zero attached hydrogens (tertiary/aromatic N) is 2. The first-order valence-corrected chi connectivity index (χ1v) is 8.90. The maximum Gasteiger partial charge on any atom is 0.343 e. The van der Waals surface area contributed by atoms with E-state index in [1.54, 1.807) is 37.3 Å². The second-order valence-electron chi connectivity index (χ2n) is 5.89. The minimum atomic E-state index is -0.385. The Bertz CT molecular complexity index is 768. The lowest BCUT2D eigenvalue weighted by atomic mass is 10.2. The third-order valence-electron chi connectivity index (χ3n) is 4.20. The van der Waals surface area contributed by atoms with Crippen molar-refractivity contribution in [3.05, 3.63) is 58.6 Å². The number of benzene rings is 2. The lowest BCUT2D eigenvalue weighted by molar-refractivity contribution is -0.129. The van der Waals surface area contributed by atoms with E-state index >= 15 is 0 Å². The van der Waals surface area contributed by atoms with E-state index in [1.165, 1.54) is 0 Å². The molecule has 3 rings (SSSR count). The normalized spacial score (nSPS) is 14.3. The molecule has 1 amide bonds. The number of anilines is 1. The molecule has 0 saturated carbocycles. The number of piperazine rings is 1. The monoisotopic (exact) mass is 402 g/mol. The molecule has 0 aliphatic carbocycles. The summed E-state index contributed by atoms with van der Waals surface area (Å²) in [7, 11) is 0. The summed E-state index contributed by atoms with van der Waals surface area (Å²) < 4.78 is 6.25. The number of carbonyl (C=O) groups is 2. The van der Waals surface area contributed by atoms with Gasteiger partial charge in [0.05, 0.1) is 5.56 Å². The van der Waals surface area contributed by atoms with Gasteiger partial charge < -0.3 is 14.5 Å². The van der Waals surface area contributed by atoms with E-state index in [0.717, 1.165) is 36.3 Å². The summed E-state index contributed by atoms with van der Waals surface area (Å²) in [5.41, 5.74) is 1.56. The van der Waals surface area contributed by atoms with Crippen LogP contribution >= 0.6 is 15.9 Å². The number of hydrogen-bond acceptors (Lipinski definition) is 4. The Balaban J connectivity index is 1.61. The summed E-state index contributed by atoms with van der Waals surface area (Å²) in [6.07, 6.45) is 0. The van der Waals surface area contributed by atoms with Crippen molar-refractivity contribution in [1.29, 1.82) is 0 Å². The van der Waals surface area contributed by atoms with Crippen molar-refractivity contribution in [1.82, 2.24) is 4.90 Å². The molecule has 5 nitrogen and oxygen atoms in total. The molecule has 6 heteroatoms. The van der Waals surface area contributed by atoms with Crippen LogP contribution in [-0.4, -0.2) is 43.0 Å². The van der Waals surface area contributed by atoms with Gasteiger partial charge in [-0.15, -0.1) is 0 Å². The molecule has 1 aliphatic heterocycles. The summed E-state index contributed by atoms with van der Waals surface area (Å²) in [4.78, 5) is 27.6. The molecule has 0 bridgehead atoms. The van der Waals surface area contributed by atoms with Crippen LogP contribution in [0.1, 0.15) is 17.3 Å². The zero-order valence-corrected chi connectivity index (χ0v) is 15.5. The molecule has 0 aromatic heterocycles. The zero-order chi connectivity index (χ0) is 17.8. The number of hydrogen-bond donors (Lipinski definition) is 0. The third kappa shape index (κ3) is 4.39. The Labute approximate surface area is 155 Å². The SMILES string of the molecule is CC(=O)N1CCN(c2ccc(OC(=O)c3cccc(Br)c3)cc2)CC1. The average Bonchev–Trinajstić information content (AvgIpc) is 2.62. The topological polar surface area (TPSA) is 49.9 Å². The number of esters is 1. The van der Waals surface area contributed by atoms with E-state index in [2.05, 4.69) is 20.8 Å². The minimum absolute atomic E-state index is 0.120. The van der Waals surface area contributed by atoms with Gasteiger partial charge in [-0.1, -0.05) is 22.0 Å². The molecular weight excluding hydrogens is 384 g/mol. The van der Waals surface area contributed by atoms with Crippen LogP contribution in [0.5, 0.6) is 5.75 Å². The van der Waals surface area contributed by atoms with Crippen LogP contribution in [0.25, 0.3) is 0 Å². The molecule has 1 fully saturated rings. The highest BCUT2D eigenvalue weighted by molar-refractivity contribution is 9.10. The van der Waals surface area contributed by atoms with Gasteiger partial charge in [-0.25, -0.2) is 4.79 Å². The molecule has 0 spiro atoms. The molecule has 1 heterocycles. The first-order chi connectivity index (χ1) is 12.0. The Kier molecular flexibility index (Phi) is 5.38. The van der Waals surface area contributed by atoms with E-state index in [9.17, 15) is 9.59 Å². The Morgan fingerprint density at radius 3 is 2.28 bits per heavy atom. The Morgan fingerprint density at radius 2 is 1.68 bits per heavy atom. The lowest BCUT2D eigenvalue weighted by Gasteiger charge is -2.35. The number of ether oxygens (including phenoxy) is 1. The predicted octanol–water partition coefficient (Wildman–Crippen LogP) is 3.34. The second-order valence-corrected chi connectivity index (χ2v) is 6.80. The molecule has 0 radical (unpaired) electrons. The first-order valence-electron chi connectivity index (χ1n) is 8.11. The van der Waals surface area contributed by atoms with Crippen molar-refractivity contribution < 1.29 is 14.3 Å². The molecule has 1 aliphatic rings. The summed E-state index contributed by atoms with van der Waals surface area (Å²) in [6.45, 7) is 4.67. The van der Waals surface area contributed by atoms with Gasteiger partial charge in [0.25, 0.3) is 0 Å². The van der Waals surface area contributed by atoms with Gasteiger partial charge in [0.2, 0.25) is 5.91 Å². The molecular formula is C19H19BrN2O3. The van der Waals surface area contributed by atoms with Crippen molar-refractivity contribution in [3.8, 4) is 5.75 Å². The molecule has 130 valence electrons. The van der Waals surface area contributed by atoms with E-state index in [1.807, 2.05) is 23.1 Å². The van der Waals surface area contributed by atoms with Crippen LogP contribution < -0.4 is 9.64 Å². The van der Waals surface area contributed by atoms with Gasteiger partial charge in [-0.05, 0) is 42.5 Å². The highest BCUT2D eigenvalue weighted by Crippen LogP contribution is 2.22. The van der Waals surface area contributed by atoms with Crippen LogP contribution in [0.4, 0.5) is 5.69 Å². The van der Waals surface area contributed by atoms with Gasteiger partial charge in [0.1, 0.15) is 5.75 Å². The smallest absolute Gasteiger partial charge is 0.343 e. The molecule has 0 N–H and O–H groups in total. The molecule has 2 aromatic carbocycles. The summed E-state index contributed by atoms with van der Waals surface area (Å²) in [6, 6.07) is 14.6. The highest BCUT2D eigenvalue weighted by atomic mass is 79.9. The highest BCUT2D eigenvalue weighted by Gasteiger charge is 2.18. The maximum atomic E-state index is 12.2. The van der Waals surface area contributed by atoms with Gasteiger partial charge in [-0.2, -0.15) is 0 Å². The Hall–Kier alpha value is -2.34. The second kappa shape index (κ2) is 7.70. The van der Waals surface area contributed by atoms with Crippen LogP contribution in [0.3, 0.4) is 0 Å². The zero-order valence-electron chi connectivity index (χ0n) is 13.9. The van der Waals surface area contributed by atoms with Crippen molar-refractivity contribution in [2.75, 3.05) is 31.1 Å². The van der Waals surface area contributed by atoms with Crippen molar-refractivity contribution in [2.24, 2.45) is 0 Å². The van der Waals surface area contributed by atoms with Gasteiger partial charge in [-0.3, -0.25) is 4.79 Å². The number of halogens is 1. The third-order valence-corrected chi connectivity index (χ3v) is 4.69. The van der Waals surface area contributed by atoms with Crippen LogP contribution in [0.15, 0.2) is 53.0 Å². The van der Waals surface area contributed by atoms with Crippen LogP contribution in [0.2, 0.25) is 0 Å². The van der Waals surface area contributed by atoms with Crippen LogP contribution in [0, 0.1) is 0 Å². The molecule has 25 heavy (non-hydrogen) atoms. The minimum Gasteiger partial charge on any atom is -0.423 e. The summed E-state index contributed by atoms with van der Waals surface area (Å²) in [5.74, 6) is 0.245. The fourth-order valence-corrected chi connectivity index (χ4v) is 3.19. The largest absolute Gasteiger partial charge is 0.423 e. The van der Waals surface area contributed by atoms with Crippen LogP contribution in [-0.2, 0) is 4.79 Å². The Morgan fingerprint density at radius 1 is 1.00 bits per heavy atom. The van der Waals surface area contributed by atoms with E-state index in [0.29, 0.717) is 11.3 Å². The first kappa shape index (κ1) is 17.5. The lowest BCUT2D eigenvalue weighted by Crippen LogP contribution is -2.48. The predicted molar refractivity (Wildman–Crippen MR) is 100 cm³/mol. The summed E-state index contributed by atoms with van der Waals surface area (Å²) >= 11 is 3.34. The van der Waals surface area contributed by atoms with Gasteiger partial charge in [0, 0.05) is 43.3 Å².